The SMILES string of the molecule is CCOC1CC(O)C12CCN(C(=O)CCCn1ccnc1)CC2. The van der Waals surface area contributed by atoms with Crippen LogP contribution in [0.3, 0.4) is 0 Å². The molecule has 1 aromatic rings. The van der Waals surface area contributed by atoms with Crippen LogP contribution in [0.2, 0.25) is 0 Å². The summed E-state index contributed by atoms with van der Waals surface area (Å²) in [5, 5.41) is 10.2. The quantitative estimate of drug-likeness (QED) is 0.861. The van der Waals surface area contributed by atoms with Crippen molar-refractivity contribution in [2.75, 3.05) is 19.7 Å². The maximum Gasteiger partial charge on any atom is 0.222 e. The number of hydrogen-bond donors (Lipinski definition) is 1. The molecule has 2 heterocycles. The molecule has 1 aliphatic carbocycles. The van der Waals surface area contributed by atoms with E-state index in [4.69, 9.17) is 4.74 Å². The topological polar surface area (TPSA) is 67.6 Å². The highest BCUT2D eigenvalue weighted by molar-refractivity contribution is 5.76. The smallest absolute Gasteiger partial charge is 0.222 e. The van der Waals surface area contributed by atoms with Gasteiger partial charge in [-0.15, -0.1) is 0 Å². The number of amides is 1. The van der Waals surface area contributed by atoms with Crippen molar-refractivity contribution in [3.8, 4) is 0 Å². The fourth-order valence-corrected chi connectivity index (χ4v) is 3.98. The van der Waals surface area contributed by atoms with Crippen LogP contribution in [0.1, 0.15) is 39.0 Å². The van der Waals surface area contributed by atoms with Crippen molar-refractivity contribution in [3.63, 3.8) is 0 Å². The van der Waals surface area contributed by atoms with Gasteiger partial charge in [0.15, 0.2) is 0 Å². The van der Waals surface area contributed by atoms with Gasteiger partial charge in [0.1, 0.15) is 0 Å². The number of aryl methyl sites for hydroxylation is 1. The number of imidazole rings is 1. The number of carbonyl (C=O) groups is 1. The summed E-state index contributed by atoms with van der Waals surface area (Å²) in [7, 11) is 0. The fourth-order valence-electron chi connectivity index (χ4n) is 3.98. The van der Waals surface area contributed by atoms with Crippen molar-refractivity contribution < 1.29 is 14.6 Å². The van der Waals surface area contributed by atoms with E-state index in [-0.39, 0.29) is 23.5 Å². The van der Waals surface area contributed by atoms with Crippen LogP contribution in [0.15, 0.2) is 18.7 Å². The number of ether oxygens (including phenoxy) is 1. The van der Waals surface area contributed by atoms with E-state index < -0.39 is 0 Å². The van der Waals surface area contributed by atoms with E-state index >= 15 is 0 Å². The fraction of sp³-hybridized carbons (Fsp3) is 0.765. The number of piperidine rings is 1. The molecule has 0 bridgehead atoms. The standard InChI is InChI=1S/C17H27N3O3/c1-2-23-15-12-14(21)17(15)5-9-20(10-6-17)16(22)4-3-8-19-11-7-18-13-19/h7,11,13-15,21H,2-6,8-10,12H2,1H3. The summed E-state index contributed by atoms with van der Waals surface area (Å²) < 4.78 is 7.77. The number of hydrogen-bond acceptors (Lipinski definition) is 4. The minimum atomic E-state index is -0.266. The molecule has 0 aromatic carbocycles. The van der Waals surface area contributed by atoms with Gasteiger partial charge >= 0.3 is 0 Å². The number of aliphatic hydroxyl groups is 1. The molecule has 1 aromatic heterocycles. The van der Waals surface area contributed by atoms with Crippen molar-refractivity contribution in [2.24, 2.45) is 5.41 Å². The lowest BCUT2D eigenvalue weighted by Crippen LogP contribution is -2.62. The first kappa shape index (κ1) is 16.5. The summed E-state index contributed by atoms with van der Waals surface area (Å²) >= 11 is 0. The van der Waals surface area contributed by atoms with Gasteiger partial charge < -0.3 is 19.3 Å². The Balaban J connectivity index is 1.44. The summed E-state index contributed by atoms with van der Waals surface area (Å²) in [4.78, 5) is 18.3. The zero-order valence-electron chi connectivity index (χ0n) is 13.9. The molecule has 1 spiro atoms. The monoisotopic (exact) mass is 321 g/mol. The van der Waals surface area contributed by atoms with Gasteiger partial charge in [-0.2, -0.15) is 0 Å². The van der Waals surface area contributed by atoms with Crippen molar-refractivity contribution in [1.29, 1.82) is 0 Å². The van der Waals surface area contributed by atoms with Crippen molar-refractivity contribution in [2.45, 2.75) is 57.8 Å². The van der Waals surface area contributed by atoms with Crippen LogP contribution in [0, 0.1) is 5.41 Å². The zero-order valence-corrected chi connectivity index (χ0v) is 13.9. The van der Waals surface area contributed by atoms with Crippen LogP contribution in [-0.2, 0) is 16.1 Å². The second-order valence-electron chi connectivity index (χ2n) is 6.71. The van der Waals surface area contributed by atoms with E-state index in [9.17, 15) is 9.90 Å². The maximum absolute atomic E-state index is 12.3. The maximum atomic E-state index is 12.3. The number of rotatable bonds is 6. The number of carbonyl (C=O) groups excluding carboxylic acids is 1. The summed E-state index contributed by atoms with van der Waals surface area (Å²) in [6.07, 6.45) is 9.21. The first-order chi connectivity index (χ1) is 11.2. The third kappa shape index (κ3) is 3.28. The molecule has 2 unspecified atom stereocenters. The molecule has 1 N–H and O–H groups in total. The summed E-state index contributed by atoms with van der Waals surface area (Å²) in [6, 6.07) is 0. The first-order valence-electron chi connectivity index (χ1n) is 8.69. The highest BCUT2D eigenvalue weighted by atomic mass is 16.5. The summed E-state index contributed by atoms with van der Waals surface area (Å²) in [5.74, 6) is 0.224. The lowest BCUT2D eigenvalue weighted by atomic mass is 9.58. The molecular formula is C17H27N3O3. The van der Waals surface area contributed by atoms with Gasteiger partial charge in [-0.25, -0.2) is 4.98 Å². The Morgan fingerprint density at radius 2 is 2.22 bits per heavy atom. The third-order valence-corrected chi connectivity index (χ3v) is 5.52. The van der Waals surface area contributed by atoms with E-state index in [1.54, 1.807) is 12.5 Å². The molecule has 3 rings (SSSR count). The van der Waals surface area contributed by atoms with Crippen LogP contribution < -0.4 is 0 Å². The van der Waals surface area contributed by atoms with Crippen molar-refractivity contribution in [1.82, 2.24) is 14.5 Å². The molecule has 6 nitrogen and oxygen atoms in total. The highest BCUT2D eigenvalue weighted by Gasteiger charge is 2.56. The van der Waals surface area contributed by atoms with E-state index in [1.807, 2.05) is 22.6 Å². The van der Waals surface area contributed by atoms with Gasteiger partial charge in [0.05, 0.1) is 18.5 Å². The van der Waals surface area contributed by atoms with Gasteiger partial charge in [-0.05, 0) is 26.2 Å². The van der Waals surface area contributed by atoms with Crippen molar-refractivity contribution in [3.05, 3.63) is 18.7 Å². The van der Waals surface area contributed by atoms with Crippen molar-refractivity contribution >= 4 is 5.91 Å². The normalized spacial score (nSPS) is 26.3. The Hall–Kier alpha value is -1.40. The van der Waals surface area contributed by atoms with Crippen LogP contribution in [-0.4, -0.2) is 57.4 Å². The average Bonchev–Trinajstić information content (AvgIpc) is 3.08. The molecule has 1 aliphatic heterocycles. The second-order valence-corrected chi connectivity index (χ2v) is 6.71. The summed E-state index contributed by atoms with van der Waals surface area (Å²) in [6.45, 7) is 5.00. The predicted octanol–water partition coefficient (Wildman–Crippen LogP) is 1.44. The Labute approximate surface area is 137 Å². The van der Waals surface area contributed by atoms with Gasteiger partial charge in [0.2, 0.25) is 5.91 Å². The van der Waals surface area contributed by atoms with Crippen LogP contribution in [0.25, 0.3) is 0 Å². The predicted molar refractivity (Wildman–Crippen MR) is 85.7 cm³/mol. The second kappa shape index (κ2) is 7.01. The minimum absolute atomic E-state index is 0.108. The number of likely N-dealkylation sites (tertiary alicyclic amines) is 1. The Kier molecular flexibility index (Phi) is 5.02. The number of nitrogens with zero attached hydrogens (tertiary/aromatic N) is 3. The van der Waals surface area contributed by atoms with Gasteiger partial charge in [-0.1, -0.05) is 0 Å². The molecule has 1 saturated carbocycles. The molecular weight excluding hydrogens is 294 g/mol. The molecule has 6 heteroatoms. The van der Waals surface area contributed by atoms with Crippen LogP contribution >= 0.6 is 0 Å². The number of aliphatic hydroxyl groups excluding tert-OH is 1. The molecule has 2 atom stereocenters. The lowest BCUT2D eigenvalue weighted by Gasteiger charge is -2.56. The molecule has 1 saturated heterocycles. The van der Waals surface area contributed by atoms with Crippen LogP contribution in [0.4, 0.5) is 0 Å². The third-order valence-electron chi connectivity index (χ3n) is 5.52. The lowest BCUT2D eigenvalue weighted by molar-refractivity contribution is -0.210. The van der Waals surface area contributed by atoms with E-state index in [1.165, 1.54) is 0 Å². The Morgan fingerprint density at radius 1 is 1.43 bits per heavy atom. The largest absolute Gasteiger partial charge is 0.392 e. The summed E-state index contributed by atoms with van der Waals surface area (Å²) in [5.41, 5.74) is -0.108. The Bertz CT molecular complexity index is 507. The van der Waals surface area contributed by atoms with Gasteiger partial charge in [0.25, 0.3) is 0 Å². The van der Waals surface area contributed by atoms with E-state index in [0.29, 0.717) is 13.0 Å². The molecule has 0 radical (unpaired) electrons. The Morgan fingerprint density at radius 3 is 2.83 bits per heavy atom. The highest BCUT2D eigenvalue weighted by Crippen LogP contribution is 2.50. The molecule has 128 valence electrons. The van der Waals surface area contributed by atoms with Gasteiger partial charge in [-0.3, -0.25) is 4.79 Å². The van der Waals surface area contributed by atoms with E-state index in [2.05, 4.69) is 4.98 Å². The number of aromatic nitrogens is 2. The molecule has 2 aliphatic rings. The first-order valence-corrected chi connectivity index (χ1v) is 8.69. The van der Waals surface area contributed by atoms with Crippen LogP contribution in [0.5, 0.6) is 0 Å². The zero-order chi connectivity index (χ0) is 16.3. The van der Waals surface area contributed by atoms with Gasteiger partial charge in [0, 0.05) is 56.9 Å². The average molecular weight is 321 g/mol. The molecule has 23 heavy (non-hydrogen) atoms. The molecule has 1 amide bonds. The molecule has 2 fully saturated rings. The van der Waals surface area contributed by atoms with E-state index in [0.717, 1.165) is 45.3 Å². The minimum Gasteiger partial charge on any atom is -0.392 e.